The van der Waals surface area contributed by atoms with E-state index in [9.17, 15) is 0 Å². The summed E-state index contributed by atoms with van der Waals surface area (Å²) in [7, 11) is 0. The first-order chi connectivity index (χ1) is 7.07. The van der Waals surface area contributed by atoms with Crippen molar-refractivity contribution in [1.29, 1.82) is 0 Å². The predicted molar refractivity (Wildman–Crippen MR) is 71.8 cm³/mol. The zero-order valence-corrected chi connectivity index (χ0v) is 15.5. The van der Waals surface area contributed by atoms with E-state index in [1.807, 2.05) is 0 Å². The monoisotopic (exact) mass is 349 g/mol. The summed E-state index contributed by atoms with van der Waals surface area (Å²) in [5.41, 5.74) is 0. The standard InChI is InChI=1S/5C2H6O.Mg.Nb.2H/c5*1-2-3;;;;/h5*3H,2H2,1H3;;;;/q;;;;;+2;;2*-1. The van der Waals surface area contributed by atoms with Gasteiger partial charge >= 0.3 is 23.1 Å². The molecule has 0 aliphatic carbocycles. The third kappa shape index (κ3) is 2380. The van der Waals surface area contributed by atoms with Gasteiger partial charge in [0.1, 0.15) is 0 Å². The van der Waals surface area contributed by atoms with Crippen molar-refractivity contribution in [2.75, 3.05) is 33.0 Å². The van der Waals surface area contributed by atoms with Crippen LogP contribution in [0.4, 0.5) is 0 Å². The van der Waals surface area contributed by atoms with E-state index in [4.69, 9.17) is 25.5 Å². The molecule has 0 fully saturated rings. The maximum Gasteiger partial charge on any atom is 2.00 e. The molecule has 7 heteroatoms. The summed E-state index contributed by atoms with van der Waals surface area (Å²) < 4.78 is 0. The molecular weight excluding hydrogens is 317 g/mol. The number of aliphatic hydroxyl groups is 5. The van der Waals surface area contributed by atoms with Crippen LogP contribution in [0.2, 0.25) is 0 Å². The Bertz CT molecular complexity index is 45.5. The normalized spacial score (nSPS) is 5.29. The number of hydrogen-bond donors (Lipinski definition) is 5. The Hall–Kier alpha value is 1.31. The number of hydrogen-bond acceptors (Lipinski definition) is 5. The fourth-order valence-electron chi connectivity index (χ4n) is 0. The molecule has 0 aliphatic heterocycles. The topological polar surface area (TPSA) is 101 Å². The molecule has 0 bridgehead atoms. The number of aliphatic hydroxyl groups excluding tert-OH is 5. The minimum atomic E-state index is 0. The smallest absolute Gasteiger partial charge is 1.00 e. The molecule has 0 saturated carbocycles. The quantitative estimate of drug-likeness (QED) is 0.391. The molecule has 0 heterocycles. The van der Waals surface area contributed by atoms with Crippen LogP contribution in [0.5, 0.6) is 0 Å². The molecule has 0 aromatic rings. The van der Waals surface area contributed by atoms with E-state index in [0.29, 0.717) is 0 Å². The first-order valence-corrected chi connectivity index (χ1v) is 5.12. The molecule has 0 aromatic heterocycles. The fourth-order valence-corrected chi connectivity index (χ4v) is 0. The Balaban J connectivity index is -0.00000000893. The maximum atomic E-state index is 7.57. The van der Waals surface area contributed by atoms with Gasteiger partial charge in [0.15, 0.2) is 0 Å². The summed E-state index contributed by atoms with van der Waals surface area (Å²) in [6.07, 6.45) is 0. The van der Waals surface area contributed by atoms with Crippen molar-refractivity contribution in [2.45, 2.75) is 34.6 Å². The zero-order chi connectivity index (χ0) is 13.5. The summed E-state index contributed by atoms with van der Waals surface area (Å²) in [5.74, 6) is 0. The van der Waals surface area contributed by atoms with E-state index in [-0.39, 0.29) is 81.3 Å². The van der Waals surface area contributed by atoms with Crippen LogP contribution in [0.15, 0.2) is 0 Å². The SMILES string of the molecule is CCO.CCO.CCO.CCO.CCO.[H-].[H-].[Mg+2].[Nb]. The van der Waals surface area contributed by atoms with Crippen LogP contribution < -0.4 is 0 Å². The van der Waals surface area contributed by atoms with Gasteiger partial charge in [0, 0.05) is 55.4 Å². The van der Waals surface area contributed by atoms with Crippen molar-refractivity contribution in [1.82, 2.24) is 0 Å². The molecule has 5 nitrogen and oxygen atoms in total. The van der Waals surface area contributed by atoms with E-state index in [1.165, 1.54) is 0 Å². The molecule has 17 heavy (non-hydrogen) atoms. The molecule has 0 amide bonds. The van der Waals surface area contributed by atoms with E-state index in [0.717, 1.165) is 0 Å². The zero-order valence-electron chi connectivity index (χ0n) is 13.9. The fraction of sp³-hybridized carbons (Fsp3) is 1.00. The summed E-state index contributed by atoms with van der Waals surface area (Å²) in [5, 5.41) is 37.8. The first kappa shape index (κ1) is 42.9. The van der Waals surface area contributed by atoms with Gasteiger partial charge in [-0.1, -0.05) is 0 Å². The summed E-state index contributed by atoms with van der Waals surface area (Å²) in [6.45, 7) is 9.65. The summed E-state index contributed by atoms with van der Waals surface area (Å²) >= 11 is 0. The largest absolute Gasteiger partial charge is 2.00 e. The van der Waals surface area contributed by atoms with Gasteiger partial charge in [-0.15, -0.1) is 0 Å². The molecule has 0 rings (SSSR count). The van der Waals surface area contributed by atoms with Gasteiger partial charge in [-0.25, -0.2) is 0 Å². The minimum Gasteiger partial charge on any atom is -1.00 e. The molecule has 0 aliphatic rings. The van der Waals surface area contributed by atoms with Crippen molar-refractivity contribution in [2.24, 2.45) is 0 Å². The molecule has 0 aromatic carbocycles. The summed E-state index contributed by atoms with van der Waals surface area (Å²) in [4.78, 5) is 0. The van der Waals surface area contributed by atoms with Crippen LogP contribution in [0.3, 0.4) is 0 Å². The predicted octanol–water partition coefficient (Wildman–Crippen LogP) is -0.165. The average molecular weight is 350 g/mol. The van der Waals surface area contributed by atoms with Crippen LogP contribution in [-0.2, 0) is 22.4 Å². The molecular formula is C10H32MgNbO5. The van der Waals surface area contributed by atoms with Crippen LogP contribution in [0.1, 0.15) is 37.5 Å². The van der Waals surface area contributed by atoms with E-state index >= 15 is 0 Å². The summed E-state index contributed by atoms with van der Waals surface area (Å²) in [6, 6.07) is 0. The third-order valence-electron chi connectivity index (χ3n) is 0. The van der Waals surface area contributed by atoms with E-state index < -0.39 is 0 Å². The van der Waals surface area contributed by atoms with E-state index in [2.05, 4.69) is 0 Å². The first-order valence-electron chi connectivity index (χ1n) is 5.12. The van der Waals surface area contributed by atoms with Crippen molar-refractivity contribution in [3.05, 3.63) is 0 Å². The third-order valence-corrected chi connectivity index (χ3v) is 0. The molecule has 1 radical (unpaired) electrons. The molecule has 0 unspecified atom stereocenters. The minimum absolute atomic E-state index is 0. The molecule has 109 valence electrons. The van der Waals surface area contributed by atoms with Gasteiger partial charge in [-0.2, -0.15) is 0 Å². The van der Waals surface area contributed by atoms with Gasteiger partial charge in [-0.3, -0.25) is 0 Å². The van der Waals surface area contributed by atoms with Crippen LogP contribution in [-0.4, -0.2) is 81.6 Å². The van der Waals surface area contributed by atoms with Crippen LogP contribution >= 0.6 is 0 Å². The Morgan fingerprint density at radius 3 is 0.529 bits per heavy atom. The second-order valence-electron chi connectivity index (χ2n) is 1.58. The Kier molecular flexibility index (Phi) is 292. The van der Waals surface area contributed by atoms with Crippen molar-refractivity contribution in [3.8, 4) is 0 Å². The van der Waals surface area contributed by atoms with Crippen molar-refractivity contribution in [3.63, 3.8) is 0 Å². The Morgan fingerprint density at radius 1 is 0.529 bits per heavy atom. The van der Waals surface area contributed by atoms with Gasteiger partial charge in [-0.05, 0) is 34.6 Å². The van der Waals surface area contributed by atoms with Crippen LogP contribution in [0.25, 0.3) is 0 Å². The molecule has 5 N–H and O–H groups in total. The molecule has 0 atom stereocenters. The Labute approximate surface area is 141 Å². The molecule has 0 spiro atoms. The second kappa shape index (κ2) is 116. The molecule has 0 saturated heterocycles. The average Bonchev–Trinajstić information content (AvgIpc) is 2.09. The second-order valence-corrected chi connectivity index (χ2v) is 1.58. The van der Waals surface area contributed by atoms with Gasteiger partial charge in [0.25, 0.3) is 0 Å². The van der Waals surface area contributed by atoms with Gasteiger partial charge in [0.05, 0.1) is 0 Å². The number of rotatable bonds is 0. The van der Waals surface area contributed by atoms with Crippen molar-refractivity contribution >= 4 is 23.1 Å². The van der Waals surface area contributed by atoms with E-state index in [1.54, 1.807) is 34.6 Å². The Morgan fingerprint density at radius 2 is 0.529 bits per heavy atom. The van der Waals surface area contributed by atoms with Gasteiger partial charge in [0.2, 0.25) is 0 Å². The van der Waals surface area contributed by atoms with Crippen molar-refractivity contribution < 1.29 is 50.8 Å². The van der Waals surface area contributed by atoms with Crippen LogP contribution in [0, 0.1) is 0 Å². The van der Waals surface area contributed by atoms with Gasteiger partial charge < -0.3 is 28.4 Å². The maximum absolute atomic E-state index is 7.57.